The van der Waals surface area contributed by atoms with Crippen molar-refractivity contribution in [3.05, 3.63) is 30.3 Å². The van der Waals surface area contributed by atoms with E-state index >= 15 is 0 Å². The molecule has 2 atom stereocenters. The Kier molecular flexibility index (Phi) is 5.08. The summed E-state index contributed by atoms with van der Waals surface area (Å²) in [5.41, 5.74) is 0. The van der Waals surface area contributed by atoms with Crippen molar-refractivity contribution in [1.82, 2.24) is 5.32 Å². The number of hydrogen-bond acceptors (Lipinski definition) is 3. The molecule has 1 heterocycles. The molecule has 1 aromatic rings. The van der Waals surface area contributed by atoms with Crippen molar-refractivity contribution in [2.75, 3.05) is 13.2 Å². The number of amides is 1. The molecule has 0 aliphatic carbocycles. The molecule has 1 fully saturated rings. The van der Waals surface area contributed by atoms with Gasteiger partial charge in [-0.25, -0.2) is 0 Å². The Bertz CT molecular complexity index is 377. The maximum absolute atomic E-state index is 11.9. The molecule has 1 N–H and O–H groups in total. The van der Waals surface area contributed by atoms with E-state index in [1.807, 2.05) is 37.3 Å². The fourth-order valence-electron chi connectivity index (χ4n) is 1.92. The van der Waals surface area contributed by atoms with Crippen LogP contribution in [0.25, 0.3) is 0 Å². The highest BCUT2D eigenvalue weighted by molar-refractivity contribution is 8.00. The zero-order chi connectivity index (χ0) is 12.8. The number of carbonyl (C=O) groups is 1. The van der Waals surface area contributed by atoms with E-state index in [0.717, 1.165) is 24.3 Å². The van der Waals surface area contributed by atoms with Crippen molar-refractivity contribution in [3.63, 3.8) is 0 Å². The van der Waals surface area contributed by atoms with Crippen LogP contribution in [0.4, 0.5) is 0 Å². The molecule has 0 bridgehead atoms. The molecular weight excluding hydrogens is 246 g/mol. The molecule has 4 heteroatoms. The third-order valence-corrected chi connectivity index (χ3v) is 4.07. The Balaban J connectivity index is 1.74. The Morgan fingerprint density at radius 2 is 2.28 bits per heavy atom. The van der Waals surface area contributed by atoms with Crippen molar-refractivity contribution >= 4 is 17.7 Å². The van der Waals surface area contributed by atoms with Crippen LogP contribution in [-0.4, -0.2) is 30.4 Å². The van der Waals surface area contributed by atoms with Crippen molar-refractivity contribution < 1.29 is 9.53 Å². The highest BCUT2D eigenvalue weighted by atomic mass is 32.2. The molecule has 1 saturated heterocycles. The van der Waals surface area contributed by atoms with Crippen molar-refractivity contribution in [1.29, 1.82) is 0 Å². The summed E-state index contributed by atoms with van der Waals surface area (Å²) < 4.78 is 5.48. The van der Waals surface area contributed by atoms with E-state index in [1.165, 1.54) is 0 Å². The molecule has 0 aromatic heterocycles. The number of thioether (sulfide) groups is 1. The SMILES string of the molecule is C[C@H](Sc1ccccc1)C(=O)NC[C@H]1CCCO1. The first-order chi connectivity index (χ1) is 8.75. The normalized spacial score (nSPS) is 20.6. The van der Waals surface area contributed by atoms with E-state index in [1.54, 1.807) is 11.8 Å². The lowest BCUT2D eigenvalue weighted by Crippen LogP contribution is -2.36. The van der Waals surface area contributed by atoms with Crippen LogP contribution in [0.5, 0.6) is 0 Å². The van der Waals surface area contributed by atoms with Crippen LogP contribution in [0.3, 0.4) is 0 Å². The highest BCUT2D eigenvalue weighted by Crippen LogP contribution is 2.22. The lowest BCUT2D eigenvalue weighted by Gasteiger charge is -2.14. The summed E-state index contributed by atoms with van der Waals surface area (Å²) in [6.45, 7) is 3.40. The molecule has 0 saturated carbocycles. The summed E-state index contributed by atoms with van der Waals surface area (Å²) in [7, 11) is 0. The van der Waals surface area contributed by atoms with Gasteiger partial charge in [0.25, 0.3) is 0 Å². The fourth-order valence-corrected chi connectivity index (χ4v) is 2.83. The van der Waals surface area contributed by atoms with E-state index in [4.69, 9.17) is 4.74 Å². The second kappa shape index (κ2) is 6.81. The van der Waals surface area contributed by atoms with Crippen LogP contribution < -0.4 is 5.32 Å². The first-order valence-corrected chi connectivity index (χ1v) is 7.24. The van der Waals surface area contributed by atoms with E-state index in [9.17, 15) is 4.79 Å². The van der Waals surface area contributed by atoms with Gasteiger partial charge in [-0.15, -0.1) is 11.8 Å². The van der Waals surface area contributed by atoms with Gasteiger partial charge in [0, 0.05) is 18.0 Å². The van der Waals surface area contributed by atoms with Gasteiger partial charge in [0.2, 0.25) is 5.91 Å². The number of hydrogen-bond donors (Lipinski definition) is 1. The van der Waals surface area contributed by atoms with Crippen molar-refractivity contribution in [3.8, 4) is 0 Å². The lowest BCUT2D eigenvalue weighted by atomic mass is 10.2. The van der Waals surface area contributed by atoms with Gasteiger partial charge in [0.05, 0.1) is 11.4 Å². The molecule has 1 aliphatic rings. The number of carbonyl (C=O) groups excluding carboxylic acids is 1. The molecule has 1 amide bonds. The number of benzene rings is 1. The van der Waals surface area contributed by atoms with Gasteiger partial charge in [-0.1, -0.05) is 18.2 Å². The molecule has 0 spiro atoms. The third-order valence-electron chi connectivity index (χ3n) is 2.95. The minimum Gasteiger partial charge on any atom is -0.376 e. The van der Waals surface area contributed by atoms with Crippen LogP contribution in [0.2, 0.25) is 0 Å². The Hall–Kier alpha value is -1.00. The summed E-state index contributed by atoms with van der Waals surface area (Å²) in [6.07, 6.45) is 2.37. The molecule has 2 rings (SSSR count). The zero-order valence-electron chi connectivity index (χ0n) is 10.6. The van der Waals surface area contributed by atoms with Gasteiger partial charge in [-0.05, 0) is 31.9 Å². The molecule has 0 radical (unpaired) electrons. The smallest absolute Gasteiger partial charge is 0.233 e. The molecule has 1 aromatic carbocycles. The highest BCUT2D eigenvalue weighted by Gasteiger charge is 2.19. The summed E-state index contributed by atoms with van der Waals surface area (Å²) in [5.74, 6) is 0.0827. The van der Waals surface area contributed by atoms with Crippen LogP contribution in [0, 0.1) is 0 Å². The third kappa shape index (κ3) is 4.03. The average molecular weight is 265 g/mol. The lowest BCUT2D eigenvalue weighted by molar-refractivity contribution is -0.120. The summed E-state index contributed by atoms with van der Waals surface area (Å²) >= 11 is 1.58. The van der Waals surface area contributed by atoms with Gasteiger partial charge < -0.3 is 10.1 Å². The molecule has 98 valence electrons. The summed E-state index contributed by atoms with van der Waals surface area (Å²) in [5, 5.41) is 2.88. The molecule has 1 aliphatic heterocycles. The van der Waals surface area contributed by atoms with Gasteiger partial charge in [0.1, 0.15) is 0 Å². The van der Waals surface area contributed by atoms with Crippen LogP contribution >= 0.6 is 11.8 Å². The van der Waals surface area contributed by atoms with Gasteiger partial charge in [-0.2, -0.15) is 0 Å². The predicted octanol–water partition coefficient (Wildman–Crippen LogP) is 2.46. The first kappa shape index (κ1) is 13.4. The molecule has 0 unspecified atom stereocenters. The monoisotopic (exact) mass is 265 g/mol. The first-order valence-electron chi connectivity index (χ1n) is 6.37. The molecule has 18 heavy (non-hydrogen) atoms. The Labute approximate surface area is 112 Å². The standard InChI is InChI=1S/C14H19NO2S/c1-11(18-13-7-3-2-4-8-13)14(16)15-10-12-6-5-9-17-12/h2-4,7-8,11-12H,5-6,9-10H2,1H3,(H,15,16)/t11-,12+/m0/s1. The Morgan fingerprint density at radius 1 is 1.50 bits per heavy atom. The summed E-state index contributed by atoms with van der Waals surface area (Å²) in [6, 6.07) is 9.99. The maximum Gasteiger partial charge on any atom is 0.233 e. The maximum atomic E-state index is 11.9. The van der Waals surface area contributed by atoms with E-state index < -0.39 is 0 Å². The van der Waals surface area contributed by atoms with Gasteiger partial charge >= 0.3 is 0 Å². The predicted molar refractivity (Wildman–Crippen MR) is 73.7 cm³/mol. The van der Waals surface area contributed by atoms with E-state index in [0.29, 0.717) is 6.54 Å². The fraction of sp³-hybridized carbons (Fsp3) is 0.500. The minimum absolute atomic E-state index is 0.0752. The minimum atomic E-state index is -0.0752. The van der Waals surface area contributed by atoms with E-state index in [2.05, 4.69) is 5.32 Å². The van der Waals surface area contributed by atoms with Crippen molar-refractivity contribution in [2.45, 2.75) is 36.0 Å². The van der Waals surface area contributed by atoms with Crippen LogP contribution in [0.1, 0.15) is 19.8 Å². The van der Waals surface area contributed by atoms with E-state index in [-0.39, 0.29) is 17.3 Å². The van der Waals surface area contributed by atoms with Crippen LogP contribution in [0.15, 0.2) is 35.2 Å². The number of ether oxygens (including phenoxy) is 1. The largest absolute Gasteiger partial charge is 0.376 e. The Morgan fingerprint density at radius 3 is 2.94 bits per heavy atom. The second-order valence-corrected chi connectivity index (χ2v) is 5.87. The van der Waals surface area contributed by atoms with Gasteiger partial charge in [0.15, 0.2) is 0 Å². The molecule has 3 nitrogen and oxygen atoms in total. The quantitative estimate of drug-likeness (QED) is 0.831. The van der Waals surface area contributed by atoms with Crippen LogP contribution in [-0.2, 0) is 9.53 Å². The topological polar surface area (TPSA) is 38.3 Å². The second-order valence-electron chi connectivity index (χ2n) is 4.45. The molecular formula is C14H19NO2S. The summed E-state index contributed by atoms with van der Waals surface area (Å²) in [4.78, 5) is 13.0. The number of nitrogens with one attached hydrogen (secondary N) is 1. The van der Waals surface area contributed by atoms with Gasteiger partial charge in [-0.3, -0.25) is 4.79 Å². The average Bonchev–Trinajstić information content (AvgIpc) is 2.90. The van der Waals surface area contributed by atoms with Crippen molar-refractivity contribution in [2.24, 2.45) is 0 Å². The number of rotatable bonds is 5. The zero-order valence-corrected chi connectivity index (χ0v) is 11.4.